The van der Waals surface area contributed by atoms with Crippen LogP contribution in [-0.4, -0.2) is 16.5 Å². The van der Waals surface area contributed by atoms with Crippen molar-refractivity contribution in [2.24, 2.45) is 0 Å². The SMILES string of the molecule is CC(C)c1cc2c(c(C3=CCCC3)c1C(O)c1ccc(C(F)(F)F)cc1)C(=O)CC(C)(C)O2. The third-order valence-electron chi connectivity index (χ3n) is 6.43. The fourth-order valence-electron chi connectivity index (χ4n) is 4.88. The van der Waals surface area contributed by atoms with Gasteiger partial charge in [0.05, 0.1) is 17.5 Å². The minimum Gasteiger partial charge on any atom is -0.487 e. The van der Waals surface area contributed by atoms with Gasteiger partial charge in [-0.25, -0.2) is 0 Å². The Balaban J connectivity index is 1.95. The number of rotatable bonds is 4. The molecule has 0 saturated heterocycles. The Bertz CT molecular complexity index is 1110. The van der Waals surface area contributed by atoms with Crippen LogP contribution in [0.5, 0.6) is 5.75 Å². The Kier molecular flexibility index (Phi) is 5.94. The zero-order chi connectivity index (χ0) is 24.1. The van der Waals surface area contributed by atoms with Gasteiger partial charge in [-0.2, -0.15) is 13.2 Å². The van der Waals surface area contributed by atoms with Crippen molar-refractivity contribution in [2.45, 2.75) is 77.2 Å². The van der Waals surface area contributed by atoms with Crippen LogP contribution in [-0.2, 0) is 6.18 Å². The lowest BCUT2D eigenvalue weighted by Gasteiger charge is -2.35. The van der Waals surface area contributed by atoms with E-state index in [2.05, 4.69) is 6.08 Å². The maximum atomic E-state index is 13.3. The van der Waals surface area contributed by atoms with E-state index in [-0.39, 0.29) is 18.1 Å². The molecule has 2 aromatic carbocycles. The van der Waals surface area contributed by atoms with Gasteiger partial charge in [-0.3, -0.25) is 4.79 Å². The molecule has 2 aliphatic rings. The lowest BCUT2D eigenvalue weighted by molar-refractivity contribution is -0.137. The summed E-state index contributed by atoms with van der Waals surface area (Å²) in [6, 6.07) is 6.42. The van der Waals surface area contributed by atoms with E-state index in [9.17, 15) is 23.1 Å². The largest absolute Gasteiger partial charge is 0.487 e. The minimum absolute atomic E-state index is 0.00103. The number of allylic oxidation sites excluding steroid dienone is 2. The summed E-state index contributed by atoms with van der Waals surface area (Å²) in [5.74, 6) is 0.477. The molecular formula is C27H29F3O3. The highest BCUT2D eigenvalue weighted by molar-refractivity contribution is 6.05. The van der Waals surface area contributed by atoms with E-state index in [1.807, 2.05) is 33.8 Å². The standard InChI is InChI=1S/C27H29F3O3/c1-15(2)19-13-21-24(20(31)14-26(3,4)33-21)22(16-7-5-6-8-16)23(19)25(32)17-9-11-18(12-10-17)27(28,29)30/h7,9-13,15,25,32H,5-6,8,14H2,1-4H3. The smallest absolute Gasteiger partial charge is 0.416 e. The molecule has 176 valence electrons. The Morgan fingerprint density at radius 1 is 1.09 bits per heavy atom. The van der Waals surface area contributed by atoms with Crippen LogP contribution in [0.4, 0.5) is 13.2 Å². The van der Waals surface area contributed by atoms with E-state index < -0.39 is 23.4 Å². The van der Waals surface area contributed by atoms with Crippen molar-refractivity contribution in [2.75, 3.05) is 0 Å². The number of aliphatic hydroxyl groups excluding tert-OH is 1. The normalized spacial score (nSPS) is 18.7. The van der Waals surface area contributed by atoms with Gasteiger partial charge in [0.25, 0.3) is 0 Å². The summed E-state index contributed by atoms with van der Waals surface area (Å²) in [4.78, 5) is 13.3. The number of ketones is 1. The van der Waals surface area contributed by atoms with Gasteiger partial charge >= 0.3 is 6.18 Å². The molecule has 0 radical (unpaired) electrons. The average molecular weight is 459 g/mol. The summed E-state index contributed by atoms with van der Waals surface area (Å²) in [6.45, 7) is 7.74. The van der Waals surface area contributed by atoms with Gasteiger partial charge < -0.3 is 9.84 Å². The molecule has 4 rings (SSSR count). The lowest BCUT2D eigenvalue weighted by atomic mass is 9.78. The summed E-state index contributed by atoms with van der Waals surface area (Å²) in [5.41, 5.74) is 2.54. The van der Waals surface area contributed by atoms with Crippen LogP contribution < -0.4 is 4.74 Å². The van der Waals surface area contributed by atoms with Crippen molar-refractivity contribution >= 4 is 11.4 Å². The first-order chi connectivity index (χ1) is 15.4. The Morgan fingerprint density at radius 3 is 2.30 bits per heavy atom. The molecule has 2 aromatic rings. The van der Waals surface area contributed by atoms with Gasteiger partial charge in [-0.15, -0.1) is 0 Å². The van der Waals surface area contributed by atoms with Gasteiger partial charge in [-0.05, 0) is 85.1 Å². The molecule has 0 amide bonds. The van der Waals surface area contributed by atoms with E-state index in [1.165, 1.54) is 12.1 Å². The Hall–Kier alpha value is -2.60. The third kappa shape index (κ3) is 4.45. The van der Waals surface area contributed by atoms with Gasteiger partial charge in [0.15, 0.2) is 5.78 Å². The van der Waals surface area contributed by atoms with Crippen LogP contribution >= 0.6 is 0 Å². The Labute approximate surface area is 192 Å². The number of aliphatic hydroxyl groups is 1. The van der Waals surface area contributed by atoms with Crippen LogP contribution in [0.25, 0.3) is 5.57 Å². The highest BCUT2D eigenvalue weighted by Crippen LogP contribution is 2.47. The topological polar surface area (TPSA) is 46.5 Å². The first kappa shape index (κ1) is 23.6. The van der Waals surface area contributed by atoms with Gasteiger partial charge in [-0.1, -0.05) is 32.1 Å². The second kappa shape index (κ2) is 8.32. The van der Waals surface area contributed by atoms with E-state index in [0.29, 0.717) is 28.0 Å². The molecule has 1 atom stereocenters. The van der Waals surface area contributed by atoms with Crippen molar-refractivity contribution in [1.29, 1.82) is 0 Å². The Morgan fingerprint density at radius 2 is 1.76 bits per heavy atom. The second-order valence-corrected chi connectivity index (χ2v) is 9.89. The number of alkyl halides is 3. The fraction of sp³-hybridized carbons (Fsp3) is 0.444. The monoisotopic (exact) mass is 458 g/mol. The highest BCUT2D eigenvalue weighted by atomic mass is 19.4. The van der Waals surface area contributed by atoms with Crippen molar-refractivity contribution < 1.29 is 27.8 Å². The summed E-state index contributed by atoms with van der Waals surface area (Å²) in [6.07, 6.45) is -0.702. The van der Waals surface area contributed by atoms with Crippen molar-refractivity contribution in [3.8, 4) is 5.75 Å². The number of hydrogen-bond acceptors (Lipinski definition) is 3. The fourth-order valence-corrected chi connectivity index (χ4v) is 4.88. The van der Waals surface area contributed by atoms with Crippen LogP contribution in [0.3, 0.4) is 0 Å². The predicted molar refractivity (Wildman–Crippen MR) is 122 cm³/mol. The van der Waals surface area contributed by atoms with E-state index in [4.69, 9.17) is 4.74 Å². The summed E-state index contributed by atoms with van der Waals surface area (Å²) in [7, 11) is 0. The summed E-state index contributed by atoms with van der Waals surface area (Å²) >= 11 is 0. The minimum atomic E-state index is -4.45. The first-order valence-electron chi connectivity index (χ1n) is 11.4. The average Bonchev–Trinajstić information content (AvgIpc) is 3.25. The molecule has 0 saturated carbocycles. The van der Waals surface area contributed by atoms with Crippen molar-refractivity contribution in [3.63, 3.8) is 0 Å². The molecule has 0 spiro atoms. The molecule has 0 bridgehead atoms. The van der Waals surface area contributed by atoms with Crippen LogP contribution in [0.15, 0.2) is 36.4 Å². The number of benzene rings is 2. The first-order valence-corrected chi connectivity index (χ1v) is 11.4. The molecule has 0 fully saturated rings. The van der Waals surface area contributed by atoms with Crippen LogP contribution in [0, 0.1) is 0 Å². The zero-order valence-corrected chi connectivity index (χ0v) is 19.3. The molecule has 1 N–H and O–H groups in total. The zero-order valence-electron chi connectivity index (χ0n) is 19.3. The number of carbonyl (C=O) groups is 1. The molecule has 0 aromatic heterocycles. The molecule has 1 heterocycles. The molecule has 6 heteroatoms. The van der Waals surface area contributed by atoms with Gasteiger partial charge in [0, 0.05) is 0 Å². The molecule has 33 heavy (non-hydrogen) atoms. The van der Waals surface area contributed by atoms with Crippen molar-refractivity contribution in [1.82, 2.24) is 0 Å². The van der Waals surface area contributed by atoms with E-state index in [0.717, 1.165) is 42.5 Å². The molecule has 3 nitrogen and oxygen atoms in total. The predicted octanol–water partition coefficient (Wildman–Crippen LogP) is 7.22. The van der Waals surface area contributed by atoms with Gasteiger partial charge in [0.1, 0.15) is 17.5 Å². The number of carbonyl (C=O) groups excluding carboxylic acids is 1. The van der Waals surface area contributed by atoms with E-state index in [1.54, 1.807) is 0 Å². The van der Waals surface area contributed by atoms with Crippen LogP contribution in [0.2, 0.25) is 0 Å². The summed E-state index contributed by atoms with van der Waals surface area (Å²) < 4.78 is 45.4. The van der Waals surface area contributed by atoms with E-state index >= 15 is 0 Å². The quantitative estimate of drug-likeness (QED) is 0.526. The lowest BCUT2D eigenvalue weighted by Crippen LogP contribution is -2.37. The number of ether oxygens (including phenoxy) is 1. The van der Waals surface area contributed by atoms with Crippen molar-refractivity contribution in [3.05, 3.63) is 69.8 Å². The van der Waals surface area contributed by atoms with Crippen LogP contribution in [0.1, 0.15) is 104 Å². The number of fused-ring (bicyclic) bond motifs is 1. The second-order valence-electron chi connectivity index (χ2n) is 9.89. The maximum Gasteiger partial charge on any atom is 0.416 e. The molecule has 1 aliphatic carbocycles. The molecular weight excluding hydrogens is 429 g/mol. The van der Waals surface area contributed by atoms with Gasteiger partial charge in [0.2, 0.25) is 0 Å². The summed E-state index contributed by atoms with van der Waals surface area (Å²) in [5, 5.41) is 11.5. The third-order valence-corrected chi connectivity index (χ3v) is 6.43. The molecule has 1 aliphatic heterocycles. The number of Topliss-reactive ketones (excluding diaryl/α,β-unsaturated/α-hetero) is 1. The highest BCUT2D eigenvalue weighted by Gasteiger charge is 2.38. The molecule has 1 unspecified atom stereocenters. The number of hydrogen-bond donors (Lipinski definition) is 1. The number of halogens is 3. The maximum absolute atomic E-state index is 13.3.